The Morgan fingerprint density at radius 3 is 2.47 bits per heavy atom. The molecule has 2 N–H and O–H groups in total. The molecular weight excluding hydrogens is 222 g/mol. The van der Waals surface area contributed by atoms with Crippen LogP contribution in [0.25, 0.3) is 0 Å². The van der Waals surface area contributed by atoms with Crippen molar-refractivity contribution in [1.82, 2.24) is 5.32 Å². The van der Waals surface area contributed by atoms with Crippen molar-refractivity contribution in [3.05, 3.63) is 12.7 Å². The normalized spacial score (nSPS) is 12.7. The number of aliphatic hydroxyl groups excluding tert-OH is 1. The van der Waals surface area contributed by atoms with Crippen LogP contribution in [0.2, 0.25) is 0 Å². The van der Waals surface area contributed by atoms with Gasteiger partial charge in [-0.2, -0.15) is 0 Å². The first kappa shape index (κ1) is 15.6. The van der Waals surface area contributed by atoms with E-state index in [-0.39, 0.29) is 12.2 Å². The molecule has 0 saturated carbocycles. The molecule has 1 amide bonds. The number of carbonyl (C=O) groups excluding carboxylic acids is 2. The third-order valence-electron chi connectivity index (χ3n) is 1.86. The Balaban J connectivity index is 4.25. The topological polar surface area (TPSA) is 75.6 Å². The Hall–Kier alpha value is -1.36. The predicted octanol–water partition coefficient (Wildman–Crippen LogP) is 1.41. The standard InChI is InChI=1S/C12H21NO4/c1-5-6-7-10(15)9(8-14)13-11(16)17-12(2,3)4/h5,9,14H,1,6-8H2,2-4H3,(H,13,16)/t9-/m0/s1. The molecule has 0 aromatic heterocycles. The van der Waals surface area contributed by atoms with Gasteiger partial charge in [0.05, 0.1) is 6.61 Å². The Morgan fingerprint density at radius 1 is 1.47 bits per heavy atom. The summed E-state index contributed by atoms with van der Waals surface area (Å²) in [7, 11) is 0. The molecule has 5 nitrogen and oxygen atoms in total. The first-order valence-electron chi connectivity index (χ1n) is 5.54. The molecule has 0 rings (SSSR count). The average molecular weight is 243 g/mol. The molecule has 0 heterocycles. The smallest absolute Gasteiger partial charge is 0.408 e. The van der Waals surface area contributed by atoms with E-state index >= 15 is 0 Å². The van der Waals surface area contributed by atoms with Crippen LogP contribution in [-0.2, 0) is 9.53 Å². The number of amides is 1. The molecule has 98 valence electrons. The van der Waals surface area contributed by atoms with Gasteiger partial charge >= 0.3 is 6.09 Å². The summed E-state index contributed by atoms with van der Waals surface area (Å²) in [6.07, 6.45) is 1.67. The molecule has 1 atom stereocenters. The number of ether oxygens (including phenoxy) is 1. The highest BCUT2D eigenvalue weighted by atomic mass is 16.6. The number of allylic oxidation sites excluding steroid dienone is 1. The zero-order valence-electron chi connectivity index (χ0n) is 10.7. The molecule has 5 heteroatoms. The highest BCUT2D eigenvalue weighted by Crippen LogP contribution is 2.07. The molecule has 0 bridgehead atoms. The zero-order valence-corrected chi connectivity index (χ0v) is 10.7. The Kier molecular flexibility index (Phi) is 6.50. The van der Waals surface area contributed by atoms with Crippen LogP contribution in [0.1, 0.15) is 33.6 Å². The number of aliphatic hydroxyl groups is 1. The van der Waals surface area contributed by atoms with Crippen molar-refractivity contribution in [2.24, 2.45) is 0 Å². The first-order valence-corrected chi connectivity index (χ1v) is 5.54. The lowest BCUT2D eigenvalue weighted by Crippen LogP contribution is -2.45. The van der Waals surface area contributed by atoms with Gasteiger partial charge < -0.3 is 15.2 Å². The molecule has 0 aromatic carbocycles. The van der Waals surface area contributed by atoms with Crippen LogP contribution >= 0.6 is 0 Å². The van der Waals surface area contributed by atoms with Crippen LogP contribution in [0.3, 0.4) is 0 Å². The second-order valence-electron chi connectivity index (χ2n) is 4.68. The monoisotopic (exact) mass is 243 g/mol. The highest BCUT2D eigenvalue weighted by Gasteiger charge is 2.22. The van der Waals surface area contributed by atoms with Crippen LogP contribution in [0, 0.1) is 0 Å². The van der Waals surface area contributed by atoms with Gasteiger partial charge in [0.25, 0.3) is 0 Å². The van der Waals surface area contributed by atoms with Crippen LogP contribution < -0.4 is 5.32 Å². The summed E-state index contributed by atoms with van der Waals surface area (Å²) in [5.41, 5.74) is -0.631. The summed E-state index contributed by atoms with van der Waals surface area (Å²) < 4.78 is 4.99. The Labute approximate surface area is 102 Å². The van der Waals surface area contributed by atoms with Crippen LogP contribution in [-0.4, -0.2) is 35.2 Å². The predicted molar refractivity (Wildman–Crippen MR) is 64.7 cm³/mol. The van der Waals surface area contributed by atoms with Gasteiger partial charge in [-0.15, -0.1) is 6.58 Å². The number of nitrogens with one attached hydrogen (secondary N) is 1. The van der Waals surface area contributed by atoms with Crippen molar-refractivity contribution in [2.75, 3.05) is 6.61 Å². The van der Waals surface area contributed by atoms with E-state index in [2.05, 4.69) is 11.9 Å². The molecule has 0 radical (unpaired) electrons. The fourth-order valence-corrected chi connectivity index (χ4v) is 1.10. The van der Waals surface area contributed by atoms with Crippen LogP contribution in [0.4, 0.5) is 4.79 Å². The third kappa shape index (κ3) is 7.52. The summed E-state index contributed by atoms with van der Waals surface area (Å²) in [5, 5.41) is 11.4. The summed E-state index contributed by atoms with van der Waals surface area (Å²) in [5.74, 6) is -0.238. The maximum atomic E-state index is 11.6. The number of carbonyl (C=O) groups is 2. The van der Waals surface area contributed by atoms with Gasteiger partial charge in [0, 0.05) is 6.42 Å². The lowest BCUT2D eigenvalue weighted by atomic mass is 10.1. The quantitative estimate of drug-likeness (QED) is 0.691. The SMILES string of the molecule is C=CCCC(=O)[C@H](CO)NC(=O)OC(C)(C)C. The summed E-state index contributed by atoms with van der Waals surface area (Å²) >= 11 is 0. The van der Waals surface area contributed by atoms with Gasteiger partial charge in [0.15, 0.2) is 5.78 Å². The van der Waals surface area contributed by atoms with E-state index in [1.165, 1.54) is 0 Å². The number of Topliss-reactive ketones (excluding diaryl/α,β-unsaturated/α-hetero) is 1. The number of alkyl carbamates (subject to hydrolysis) is 1. The van der Waals surface area contributed by atoms with E-state index in [1.807, 2.05) is 0 Å². The minimum absolute atomic E-state index is 0.238. The van der Waals surface area contributed by atoms with Gasteiger partial charge in [0.1, 0.15) is 11.6 Å². The summed E-state index contributed by atoms with van der Waals surface area (Å²) in [6.45, 7) is 8.23. The number of hydrogen-bond donors (Lipinski definition) is 2. The second kappa shape index (κ2) is 7.06. The van der Waals surface area contributed by atoms with E-state index in [9.17, 15) is 9.59 Å². The molecule has 0 aliphatic carbocycles. The molecule has 0 aliphatic rings. The largest absolute Gasteiger partial charge is 0.444 e. The van der Waals surface area contributed by atoms with Gasteiger partial charge in [-0.25, -0.2) is 4.79 Å². The summed E-state index contributed by atoms with van der Waals surface area (Å²) in [4.78, 5) is 22.9. The number of ketones is 1. The maximum absolute atomic E-state index is 11.6. The average Bonchev–Trinajstić information content (AvgIpc) is 2.19. The third-order valence-corrected chi connectivity index (χ3v) is 1.86. The Morgan fingerprint density at radius 2 is 2.06 bits per heavy atom. The molecule has 0 saturated heterocycles. The van der Waals surface area contributed by atoms with E-state index in [0.29, 0.717) is 6.42 Å². The molecule has 0 spiro atoms. The van der Waals surface area contributed by atoms with Crippen molar-refractivity contribution < 1.29 is 19.4 Å². The Bertz CT molecular complexity index is 281. The highest BCUT2D eigenvalue weighted by molar-refractivity contribution is 5.87. The van der Waals surface area contributed by atoms with Crippen molar-refractivity contribution >= 4 is 11.9 Å². The number of hydrogen-bond acceptors (Lipinski definition) is 4. The van der Waals surface area contributed by atoms with Crippen molar-refractivity contribution in [3.8, 4) is 0 Å². The first-order chi connectivity index (χ1) is 7.80. The fraction of sp³-hybridized carbons (Fsp3) is 0.667. The lowest BCUT2D eigenvalue weighted by Gasteiger charge is -2.22. The van der Waals surface area contributed by atoms with E-state index < -0.39 is 24.3 Å². The molecule has 0 unspecified atom stereocenters. The van der Waals surface area contributed by atoms with Crippen molar-refractivity contribution in [2.45, 2.75) is 45.3 Å². The molecular formula is C12H21NO4. The van der Waals surface area contributed by atoms with E-state index in [1.54, 1.807) is 26.8 Å². The second-order valence-corrected chi connectivity index (χ2v) is 4.68. The van der Waals surface area contributed by atoms with E-state index in [0.717, 1.165) is 0 Å². The molecule has 17 heavy (non-hydrogen) atoms. The minimum atomic E-state index is -0.912. The zero-order chi connectivity index (χ0) is 13.5. The van der Waals surface area contributed by atoms with Gasteiger partial charge in [0.2, 0.25) is 0 Å². The van der Waals surface area contributed by atoms with E-state index in [4.69, 9.17) is 9.84 Å². The van der Waals surface area contributed by atoms with Gasteiger partial charge in [-0.1, -0.05) is 6.08 Å². The van der Waals surface area contributed by atoms with Crippen molar-refractivity contribution in [1.29, 1.82) is 0 Å². The van der Waals surface area contributed by atoms with Crippen molar-refractivity contribution in [3.63, 3.8) is 0 Å². The van der Waals surface area contributed by atoms with Gasteiger partial charge in [-0.3, -0.25) is 4.79 Å². The van der Waals surface area contributed by atoms with Gasteiger partial charge in [-0.05, 0) is 27.2 Å². The summed E-state index contributed by atoms with van der Waals surface area (Å²) in [6, 6.07) is -0.912. The van der Waals surface area contributed by atoms with Crippen LogP contribution in [0.5, 0.6) is 0 Å². The molecule has 0 aromatic rings. The minimum Gasteiger partial charge on any atom is -0.444 e. The van der Waals surface area contributed by atoms with Crippen LogP contribution in [0.15, 0.2) is 12.7 Å². The fourth-order valence-electron chi connectivity index (χ4n) is 1.10. The number of rotatable bonds is 6. The molecule has 0 aliphatic heterocycles. The maximum Gasteiger partial charge on any atom is 0.408 e. The lowest BCUT2D eigenvalue weighted by molar-refractivity contribution is -0.121. The molecule has 0 fully saturated rings.